The summed E-state index contributed by atoms with van der Waals surface area (Å²) in [5.74, 6) is -2.61. The summed E-state index contributed by atoms with van der Waals surface area (Å²) < 4.78 is 13.5. The molecule has 0 amide bonds. The van der Waals surface area contributed by atoms with Crippen molar-refractivity contribution in [2.45, 2.75) is 12.5 Å². The fourth-order valence-electron chi connectivity index (χ4n) is 1.43. The first-order valence-electron chi connectivity index (χ1n) is 4.73. The second kappa shape index (κ2) is 5.88. The number of aliphatic carboxylic acids is 1. The average Bonchev–Trinajstić information content (AvgIpc) is 2.28. The quantitative estimate of drug-likeness (QED) is 0.808. The standard InChI is InChI=1S/C11H10BrFO4/c12-5-7(14)4-6-2-1-3-8(13)9(6)10(15)11(16)17/h1-3,10,15H,4-5H2,(H,16,17). The third-order valence-corrected chi connectivity index (χ3v) is 2.81. The minimum Gasteiger partial charge on any atom is -0.479 e. The Bertz CT molecular complexity index is 447. The van der Waals surface area contributed by atoms with Gasteiger partial charge in [-0.15, -0.1) is 0 Å². The predicted octanol–water partition coefficient (Wildman–Crippen LogP) is 1.45. The topological polar surface area (TPSA) is 74.6 Å². The summed E-state index contributed by atoms with van der Waals surface area (Å²) in [5.41, 5.74) is -0.168. The zero-order valence-corrected chi connectivity index (χ0v) is 10.3. The molecule has 2 N–H and O–H groups in total. The van der Waals surface area contributed by atoms with E-state index in [-0.39, 0.29) is 28.7 Å². The summed E-state index contributed by atoms with van der Waals surface area (Å²) in [6.07, 6.45) is -2.09. The minimum absolute atomic E-state index is 0.0894. The van der Waals surface area contributed by atoms with Crippen LogP contribution in [0.5, 0.6) is 0 Å². The van der Waals surface area contributed by atoms with Crippen molar-refractivity contribution in [3.05, 3.63) is 35.1 Å². The van der Waals surface area contributed by atoms with Gasteiger partial charge in [-0.25, -0.2) is 9.18 Å². The van der Waals surface area contributed by atoms with Crippen LogP contribution in [0.15, 0.2) is 18.2 Å². The number of hydrogen-bond donors (Lipinski definition) is 2. The molecule has 6 heteroatoms. The molecule has 0 heterocycles. The van der Waals surface area contributed by atoms with Gasteiger partial charge >= 0.3 is 5.97 Å². The number of hydrogen-bond acceptors (Lipinski definition) is 3. The number of carbonyl (C=O) groups excluding carboxylic acids is 1. The van der Waals surface area contributed by atoms with Crippen molar-refractivity contribution in [3.63, 3.8) is 0 Å². The lowest BCUT2D eigenvalue weighted by Crippen LogP contribution is -2.16. The molecular formula is C11H10BrFO4. The number of carboxylic acids is 1. The summed E-state index contributed by atoms with van der Waals surface area (Å²) in [5, 5.41) is 18.1. The van der Waals surface area contributed by atoms with E-state index in [1.807, 2.05) is 0 Å². The van der Waals surface area contributed by atoms with Crippen LogP contribution < -0.4 is 0 Å². The molecule has 1 atom stereocenters. The first kappa shape index (κ1) is 13.8. The van der Waals surface area contributed by atoms with Crippen molar-refractivity contribution in [2.24, 2.45) is 0 Å². The van der Waals surface area contributed by atoms with Gasteiger partial charge in [0.25, 0.3) is 0 Å². The number of ketones is 1. The molecule has 0 aliphatic heterocycles. The first-order valence-corrected chi connectivity index (χ1v) is 5.85. The lowest BCUT2D eigenvalue weighted by atomic mass is 9.98. The van der Waals surface area contributed by atoms with Gasteiger partial charge < -0.3 is 10.2 Å². The second-order valence-electron chi connectivity index (χ2n) is 3.40. The van der Waals surface area contributed by atoms with E-state index in [9.17, 15) is 19.1 Å². The summed E-state index contributed by atoms with van der Waals surface area (Å²) in [6, 6.07) is 3.83. The molecule has 0 fully saturated rings. The highest BCUT2D eigenvalue weighted by atomic mass is 79.9. The Balaban J connectivity index is 3.17. The molecule has 17 heavy (non-hydrogen) atoms. The highest BCUT2D eigenvalue weighted by molar-refractivity contribution is 9.09. The molecule has 0 aromatic heterocycles. The fraction of sp³-hybridized carbons (Fsp3) is 0.273. The average molecular weight is 305 g/mol. The number of halogens is 2. The van der Waals surface area contributed by atoms with Gasteiger partial charge in [0.05, 0.1) is 5.33 Å². The normalized spacial score (nSPS) is 12.2. The van der Waals surface area contributed by atoms with Crippen LogP contribution in [0.2, 0.25) is 0 Å². The number of carbonyl (C=O) groups is 2. The Kier molecular flexibility index (Phi) is 4.77. The molecule has 1 unspecified atom stereocenters. The van der Waals surface area contributed by atoms with Gasteiger partial charge in [-0.3, -0.25) is 4.79 Å². The van der Waals surface area contributed by atoms with Crippen LogP contribution in [0.3, 0.4) is 0 Å². The largest absolute Gasteiger partial charge is 0.479 e. The molecule has 0 bridgehead atoms. The maximum Gasteiger partial charge on any atom is 0.337 e. The molecule has 1 rings (SSSR count). The molecule has 0 saturated carbocycles. The number of aliphatic hydroxyl groups excluding tert-OH is 1. The molecule has 0 aliphatic carbocycles. The van der Waals surface area contributed by atoms with Crippen molar-refractivity contribution in [3.8, 4) is 0 Å². The zero-order chi connectivity index (χ0) is 13.0. The predicted molar refractivity (Wildman–Crippen MR) is 61.5 cm³/mol. The number of carboxylic acid groups (broad SMARTS) is 1. The van der Waals surface area contributed by atoms with E-state index in [4.69, 9.17) is 5.11 Å². The van der Waals surface area contributed by atoms with Gasteiger partial charge in [0, 0.05) is 12.0 Å². The Morgan fingerprint density at radius 1 is 1.41 bits per heavy atom. The van der Waals surface area contributed by atoms with Crippen LogP contribution >= 0.6 is 15.9 Å². The molecule has 1 aromatic rings. The van der Waals surface area contributed by atoms with Crippen LogP contribution in [-0.2, 0) is 16.0 Å². The summed E-state index contributed by atoms with van der Waals surface area (Å²) in [7, 11) is 0. The third-order valence-electron chi connectivity index (χ3n) is 2.19. The number of rotatable bonds is 5. The van der Waals surface area contributed by atoms with E-state index in [2.05, 4.69) is 15.9 Å². The van der Waals surface area contributed by atoms with E-state index >= 15 is 0 Å². The maximum atomic E-state index is 13.5. The van der Waals surface area contributed by atoms with Crippen LogP contribution in [-0.4, -0.2) is 27.3 Å². The van der Waals surface area contributed by atoms with Gasteiger partial charge in [-0.1, -0.05) is 28.1 Å². The van der Waals surface area contributed by atoms with E-state index in [0.29, 0.717) is 0 Å². The van der Waals surface area contributed by atoms with E-state index in [0.717, 1.165) is 6.07 Å². The second-order valence-corrected chi connectivity index (χ2v) is 3.96. The zero-order valence-electron chi connectivity index (χ0n) is 8.69. The van der Waals surface area contributed by atoms with Crippen LogP contribution in [0, 0.1) is 5.82 Å². The molecular weight excluding hydrogens is 295 g/mol. The third kappa shape index (κ3) is 3.34. The number of benzene rings is 1. The molecule has 92 valence electrons. The molecule has 0 radical (unpaired) electrons. The molecule has 4 nitrogen and oxygen atoms in total. The summed E-state index contributed by atoms with van der Waals surface area (Å²) in [6.45, 7) is 0. The van der Waals surface area contributed by atoms with Gasteiger partial charge in [0.15, 0.2) is 6.10 Å². The van der Waals surface area contributed by atoms with E-state index in [1.54, 1.807) is 0 Å². The Morgan fingerprint density at radius 3 is 2.59 bits per heavy atom. The fourth-order valence-corrected chi connectivity index (χ4v) is 1.62. The van der Waals surface area contributed by atoms with Gasteiger partial charge in [-0.05, 0) is 11.6 Å². The van der Waals surface area contributed by atoms with Crippen molar-refractivity contribution in [2.75, 3.05) is 5.33 Å². The van der Waals surface area contributed by atoms with Gasteiger partial charge in [0.2, 0.25) is 0 Å². The molecule has 0 spiro atoms. The minimum atomic E-state index is -1.96. The lowest BCUT2D eigenvalue weighted by molar-refractivity contribution is -0.147. The van der Waals surface area contributed by atoms with Crippen molar-refractivity contribution in [1.29, 1.82) is 0 Å². The molecule has 0 saturated heterocycles. The van der Waals surface area contributed by atoms with Gasteiger partial charge in [0.1, 0.15) is 11.6 Å². The van der Waals surface area contributed by atoms with E-state index in [1.165, 1.54) is 12.1 Å². The highest BCUT2D eigenvalue weighted by Crippen LogP contribution is 2.22. The highest BCUT2D eigenvalue weighted by Gasteiger charge is 2.24. The lowest BCUT2D eigenvalue weighted by Gasteiger charge is -2.12. The smallest absolute Gasteiger partial charge is 0.337 e. The van der Waals surface area contributed by atoms with Crippen molar-refractivity contribution in [1.82, 2.24) is 0 Å². The van der Waals surface area contributed by atoms with Crippen molar-refractivity contribution >= 4 is 27.7 Å². The summed E-state index contributed by atoms with van der Waals surface area (Å²) >= 11 is 2.96. The molecule has 0 aliphatic rings. The Morgan fingerprint density at radius 2 is 2.06 bits per heavy atom. The van der Waals surface area contributed by atoms with Crippen LogP contribution in [0.4, 0.5) is 4.39 Å². The number of aliphatic hydroxyl groups is 1. The van der Waals surface area contributed by atoms with E-state index < -0.39 is 17.9 Å². The van der Waals surface area contributed by atoms with Gasteiger partial charge in [-0.2, -0.15) is 0 Å². The monoisotopic (exact) mass is 304 g/mol. The molecule has 1 aromatic carbocycles. The van der Waals surface area contributed by atoms with Crippen LogP contribution in [0.25, 0.3) is 0 Å². The maximum absolute atomic E-state index is 13.5. The number of Topliss-reactive ketones (excluding diaryl/α,β-unsaturated/α-hetero) is 1. The Labute approximate surface area is 105 Å². The summed E-state index contributed by atoms with van der Waals surface area (Å²) in [4.78, 5) is 21.9. The first-order chi connectivity index (χ1) is 7.97. The van der Waals surface area contributed by atoms with Crippen molar-refractivity contribution < 1.29 is 24.2 Å². The SMILES string of the molecule is O=C(CBr)Cc1cccc(F)c1C(O)C(=O)O. The number of alkyl halides is 1. The Hall–Kier alpha value is -1.27. The van der Waals surface area contributed by atoms with Crippen LogP contribution in [0.1, 0.15) is 17.2 Å².